The van der Waals surface area contributed by atoms with Crippen molar-refractivity contribution in [2.45, 2.75) is 44.9 Å². The van der Waals surface area contributed by atoms with E-state index in [1.54, 1.807) is 4.90 Å². The first-order valence-electron chi connectivity index (χ1n) is 13.9. The number of carboxylic acid groups (broad SMARTS) is 1. The number of aromatic nitrogens is 3. The van der Waals surface area contributed by atoms with Crippen LogP contribution in [0.3, 0.4) is 0 Å². The van der Waals surface area contributed by atoms with Gasteiger partial charge >= 0.3 is 12.1 Å². The third-order valence-corrected chi connectivity index (χ3v) is 8.38. The van der Waals surface area contributed by atoms with Gasteiger partial charge in [-0.2, -0.15) is 18.3 Å². The minimum absolute atomic E-state index is 0.0595. The van der Waals surface area contributed by atoms with E-state index in [1.807, 2.05) is 21.5 Å². The predicted octanol–water partition coefficient (Wildman–Crippen LogP) is 4.51. The summed E-state index contributed by atoms with van der Waals surface area (Å²) >= 11 is 0. The number of nitrogens with zero attached hydrogens (tertiary/aromatic N) is 6. The number of alkyl halides is 3. The lowest BCUT2D eigenvalue weighted by atomic mass is 9.96. The zero-order chi connectivity index (χ0) is 29.8. The summed E-state index contributed by atoms with van der Waals surface area (Å²) in [7, 11) is 1.83. The zero-order valence-corrected chi connectivity index (χ0v) is 23.3. The van der Waals surface area contributed by atoms with Crippen molar-refractivity contribution in [2.24, 2.45) is 0 Å². The maximum absolute atomic E-state index is 14.6. The minimum Gasteiger partial charge on any atom is -0.477 e. The number of anilines is 3. The average Bonchev–Trinajstić information content (AvgIpc) is 3.35. The molecule has 0 bridgehead atoms. The van der Waals surface area contributed by atoms with E-state index in [9.17, 15) is 27.9 Å². The Bertz CT molecular complexity index is 1530. The number of pyridine rings is 1. The second-order valence-corrected chi connectivity index (χ2v) is 10.9. The monoisotopic (exact) mass is 584 g/mol. The number of aromatic carboxylic acids is 1. The standard InChI is InChI=1S/C29H31F3N6O4/c1-17(39)36-8-5-24-21(16-36)27(34-38(24)19-6-11-42-12-7-19)37-10-9-35(2)25-13-20(22(14-26(25)37)29(30,31)32)18-3-4-23(28(40)41)33-15-18/h3-4,13-15,19H,5-12,16H2,1-2H3,(H,40,41). The molecule has 2 aromatic heterocycles. The fraction of sp³-hybridized carbons (Fsp3) is 0.448. The topological polar surface area (TPSA) is 104 Å². The average molecular weight is 585 g/mol. The van der Waals surface area contributed by atoms with E-state index in [4.69, 9.17) is 9.84 Å². The summed E-state index contributed by atoms with van der Waals surface area (Å²) in [5, 5.41) is 14.2. The fourth-order valence-corrected chi connectivity index (χ4v) is 6.11. The van der Waals surface area contributed by atoms with Crippen LogP contribution in [0.25, 0.3) is 11.1 Å². The van der Waals surface area contributed by atoms with E-state index >= 15 is 0 Å². The van der Waals surface area contributed by atoms with Crippen molar-refractivity contribution in [3.63, 3.8) is 0 Å². The molecule has 222 valence electrons. The lowest BCUT2D eigenvalue weighted by molar-refractivity contribution is -0.137. The van der Waals surface area contributed by atoms with Gasteiger partial charge in [-0.1, -0.05) is 6.07 Å². The maximum atomic E-state index is 14.6. The van der Waals surface area contributed by atoms with Gasteiger partial charge < -0.3 is 24.5 Å². The van der Waals surface area contributed by atoms with Gasteiger partial charge in [0.25, 0.3) is 0 Å². The van der Waals surface area contributed by atoms with Crippen molar-refractivity contribution in [3.05, 3.63) is 53.0 Å². The van der Waals surface area contributed by atoms with Crippen LogP contribution >= 0.6 is 0 Å². The molecule has 0 radical (unpaired) electrons. The number of rotatable bonds is 4. The first-order valence-corrected chi connectivity index (χ1v) is 13.9. The summed E-state index contributed by atoms with van der Waals surface area (Å²) in [4.78, 5) is 32.9. The molecule has 42 heavy (non-hydrogen) atoms. The van der Waals surface area contributed by atoms with Crippen LogP contribution in [0.4, 0.5) is 30.4 Å². The summed E-state index contributed by atoms with van der Waals surface area (Å²) in [5.74, 6) is -0.744. The SMILES string of the molecule is CC(=O)N1CCc2c(c(N3CCN(C)c4cc(-c5ccc(C(=O)O)nc5)c(C(F)(F)F)cc43)nn2C2CCOCC2)C1. The first-order chi connectivity index (χ1) is 20.0. The molecule has 1 N–H and O–H groups in total. The van der Waals surface area contributed by atoms with Gasteiger partial charge in [0.2, 0.25) is 5.91 Å². The van der Waals surface area contributed by atoms with Gasteiger partial charge in [0.15, 0.2) is 5.82 Å². The normalized spacial score (nSPS) is 17.7. The molecule has 0 unspecified atom stereocenters. The van der Waals surface area contributed by atoms with Gasteiger partial charge in [-0.3, -0.25) is 9.48 Å². The Morgan fingerprint density at radius 2 is 1.83 bits per heavy atom. The lowest BCUT2D eigenvalue weighted by Gasteiger charge is -2.38. The van der Waals surface area contributed by atoms with Gasteiger partial charge in [-0.25, -0.2) is 9.78 Å². The number of benzene rings is 1. The van der Waals surface area contributed by atoms with Gasteiger partial charge in [-0.05, 0) is 36.6 Å². The van der Waals surface area contributed by atoms with E-state index in [-0.39, 0.29) is 28.8 Å². The molecule has 1 saturated heterocycles. The highest BCUT2D eigenvalue weighted by atomic mass is 19.4. The molecule has 1 amide bonds. The second kappa shape index (κ2) is 10.6. The van der Waals surface area contributed by atoms with E-state index in [2.05, 4.69) is 4.98 Å². The number of fused-ring (bicyclic) bond motifs is 2. The Balaban J connectivity index is 1.50. The van der Waals surface area contributed by atoms with Crippen molar-refractivity contribution >= 4 is 29.1 Å². The molecule has 0 saturated carbocycles. The Kier molecular flexibility index (Phi) is 7.08. The van der Waals surface area contributed by atoms with Crippen LogP contribution in [0, 0.1) is 0 Å². The van der Waals surface area contributed by atoms with E-state index in [1.165, 1.54) is 25.1 Å². The number of hydrogen-bond donors (Lipinski definition) is 1. The highest BCUT2D eigenvalue weighted by molar-refractivity contribution is 5.88. The van der Waals surface area contributed by atoms with Gasteiger partial charge in [0, 0.05) is 76.3 Å². The van der Waals surface area contributed by atoms with E-state index in [0.717, 1.165) is 36.4 Å². The molecular weight excluding hydrogens is 553 g/mol. The number of amides is 1. The molecule has 0 atom stereocenters. The Labute approximate surface area is 240 Å². The Morgan fingerprint density at radius 1 is 1.07 bits per heavy atom. The minimum atomic E-state index is -4.69. The summed E-state index contributed by atoms with van der Waals surface area (Å²) in [6.07, 6.45) is -1.34. The van der Waals surface area contributed by atoms with Crippen molar-refractivity contribution in [1.29, 1.82) is 0 Å². The first kappa shape index (κ1) is 28.0. The number of likely N-dealkylation sites (N-methyl/N-ethyl adjacent to an activating group) is 1. The summed E-state index contributed by atoms with van der Waals surface area (Å²) < 4.78 is 51.3. The molecule has 0 spiro atoms. The highest BCUT2D eigenvalue weighted by Crippen LogP contribution is 2.47. The number of hydrogen-bond acceptors (Lipinski definition) is 7. The summed E-state index contributed by atoms with van der Waals surface area (Å²) in [6.45, 7) is 4.60. The molecule has 10 nitrogen and oxygen atoms in total. The molecule has 3 aromatic rings. The van der Waals surface area contributed by atoms with Gasteiger partial charge in [0.1, 0.15) is 5.69 Å². The van der Waals surface area contributed by atoms with Crippen LogP contribution in [-0.4, -0.2) is 76.5 Å². The number of carbonyl (C=O) groups is 2. The maximum Gasteiger partial charge on any atom is 0.417 e. The molecule has 13 heteroatoms. The third kappa shape index (κ3) is 4.95. The van der Waals surface area contributed by atoms with Crippen LogP contribution in [0.2, 0.25) is 0 Å². The molecule has 3 aliphatic rings. The van der Waals surface area contributed by atoms with Gasteiger partial charge in [0.05, 0.1) is 29.5 Å². The van der Waals surface area contributed by atoms with Crippen molar-refractivity contribution in [3.8, 4) is 11.1 Å². The van der Waals surface area contributed by atoms with E-state index < -0.39 is 17.7 Å². The molecule has 1 fully saturated rings. The predicted molar refractivity (Wildman–Crippen MR) is 148 cm³/mol. The van der Waals surface area contributed by atoms with Crippen LogP contribution < -0.4 is 9.80 Å². The molecule has 3 aliphatic heterocycles. The van der Waals surface area contributed by atoms with Gasteiger partial charge in [-0.15, -0.1) is 0 Å². The number of carboxylic acids is 1. The van der Waals surface area contributed by atoms with Crippen LogP contribution in [0.5, 0.6) is 0 Å². The fourth-order valence-electron chi connectivity index (χ4n) is 6.11. The molecule has 5 heterocycles. The quantitative estimate of drug-likeness (QED) is 0.478. The van der Waals surface area contributed by atoms with Crippen LogP contribution in [0.15, 0.2) is 30.5 Å². The van der Waals surface area contributed by atoms with E-state index in [0.29, 0.717) is 63.0 Å². The largest absolute Gasteiger partial charge is 0.477 e. The lowest BCUT2D eigenvalue weighted by Crippen LogP contribution is -2.38. The van der Waals surface area contributed by atoms with Crippen LogP contribution in [-0.2, 0) is 28.7 Å². The van der Waals surface area contributed by atoms with Crippen molar-refractivity contribution in [1.82, 2.24) is 19.7 Å². The highest BCUT2D eigenvalue weighted by Gasteiger charge is 2.39. The summed E-state index contributed by atoms with van der Waals surface area (Å²) in [5.41, 5.74) is 1.81. The Morgan fingerprint density at radius 3 is 2.48 bits per heavy atom. The smallest absolute Gasteiger partial charge is 0.417 e. The zero-order valence-electron chi connectivity index (χ0n) is 23.3. The number of ether oxygens (including phenoxy) is 1. The van der Waals surface area contributed by atoms with Crippen LogP contribution in [0.1, 0.15) is 53.1 Å². The molecule has 0 aliphatic carbocycles. The molecular formula is C29H31F3N6O4. The molecule has 6 rings (SSSR count). The summed E-state index contributed by atoms with van der Waals surface area (Å²) in [6, 6.07) is 5.30. The second-order valence-electron chi connectivity index (χ2n) is 10.9. The van der Waals surface area contributed by atoms with Crippen molar-refractivity contribution in [2.75, 3.05) is 49.7 Å². The van der Waals surface area contributed by atoms with Crippen molar-refractivity contribution < 1.29 is 32.6 Å². The third-order valence-electron chi connectivity index (χ3n) is 8.38. The number of carbonyl (C=O) groups excluding carboxylic acids is 1. The molecule has 1 aromatic carbocycles. The number of halogens is 3. The Hall–Kier alpha value is -4.13.